The lowest BCUT2D eigenvalue weighted by atomic mass is 10.3. The van der Waals surface area contributed by atoms with Crippen molar-refractivity contribution in [1.29, 1.82) is 0 Å². The Balaban J connectivity index is 2.14. The average molecular weight is 276 g/mol. The number of nitrogens with two attached hydrogens (primary N) is 1. The predicted octanol–water partition coefficient (Wildman–Crippen LogP) is 0.674. The molecule has 0 amide bonds. The van der Waals surface area contributed by atoms with E-state index in [2.05, 4.69) is 25.2 Å². The molecule has 2 aromatic rings. The van der Waals surface area contributed by atoms with E-state index in [-0.39, 0.29) is 5.69 Å². The highest BCUT2D eigenvalue weighted by Crippen LogP contribution is 2.16. The van der Waals surface area contributed by atoms with Crippen LogP contribution < -0.4 is 11.1 Å². The van der Waals surface area contributed by atoms with Crippen LogP contribution in [0, 0.1) is 0 Å². The number of nitrogens with one attached hydrogen (secondary N) is 1. The van der Waals surface area contributed by atoms with Crippen LogP contribution in [0.15, 0.2) is 18.5 Å². The summed E-state index contributed by atoms with van der Waals surface area (Å²) in [5.41, 5.74) is 6.46. The Morgan fingerprint density at radius 1 is 1.50 bits per heavy atom. The number of ether oxygens (including phenoxy) is 1. The first kappa shape index (κ1) is 13.8. The van der Waals surface area contributed by atoms with Crippen LogP contribution in [0.4, 0.5) is 11.5 Å². The fourth-order valence-corrected chi connectivity index (χ4v) is 1.67. The lowest BCUT2D eigenvalue weighted by molar-refractivity contribution is 0.0594. The third kappa shape index (κ3) is 2.85. The minimum absolute atomic E-state index is 0.196. The van der Waals surface area contributed by atoms with Crippen LogP contribution in [0.2, 0.25) is 0 Å². The van der Waals surface area contributed by atoms with Gasteiger partial charge in [-0.05, 0) is 19.1 Å². The Bertz CT molecular complexity index is 610. The number of esters is 1. The summed E-state index contributed by atoms with van der Waals surface area (Å²) in [4.78, 5) is 15.6. The lowest BCUT2D eigenvalue weighted by Gasteiger charge is -2.09. The molecule has 0 aliphatic heterocycles. The summed E-state index contributed by atoms with van der Waals surface area (Å²) < 4.78 is 6.52. The van der Waals surface area contributed by atoms with Crippen molar-refractivity contribution in [1.82, 2.24) is 19.7 Å². The normalized spacial score (nSPS) is 10.3. The predicted molar refractivity (Wildman–Crippen MR) is 73.0 cm³/mol. The van der Waals surface area contributed by atoms with Gasteiger partial charge in [-0.2, -0.15) is 0 Å². The van der Waals surface area contributed by atoms with Gasteiger partial charge in [-0.3, -0.25) is 0 Å². The number of aryl methyl sites for hydroxylation is 1. The molecule has 0 aromatic carbocycles. The molecule has 8 heteroatoms. The largest absolute Gasteiger partial charge is 0.464 e. The summed E-state index contributed by atoms with van der Waals surface area (Å²) in [6.07, 6.45) is 1.65. The zero-order valence-corrected chi connectivity index (χ0v) is 11.3. The molecule has 2 heterocycles. The van der Waals surface area contributed by atoms with E-state index in [0.717, 1.165) is 12.4 Å². The molecule has 0 saturated heterocycles. The topological polar surface area (TPSA) is 108 Å². The Kier molecular flexibility index (Phi) is 4.14. The molecular formula is C12H16N6O2. The highest BCUT2D eigenvalue weighted by atomic mass is 16.5. The number of nitrogens with zero attached hydrogens (tertiary/aromatic N) is 4. The van der Waals surface area contributed by atoms with Crippen molar-refractivity contribution >= 4 is 17.5 Å². The zero-order valence-electron chi connectivity index (χ0n) is 11.3. The van der Waals surface area contributed by atoms with Gasteiger partial charge < -0.3 is 20.4 Å². The van der Waals surface area contributed by atoms with Gasteiger partial charge in [0.1, 0.15) is 6.33 Å². The van der Waals surface area contributed by atoms with Gasteiger partial charge in [-0.1, -0.05) is 0 Å². The Hall–Kier alpha value is -2.64. The number of anilines is 2. The van der Waals surface area contributed by atoms with E-state index in [9.17, 15) is 4.79 Å². The molecule has 0 spiro atoms. The van der Waals surface area contributed by atoms with Gasteiger partial charge >= 0.3 is 5.97 Å². The van der Waals surface area contributed by atoms with Crippen molar-refractivity contribution in [3.8, 4) is 0 Å². The van der Waals surface area contributed by atoms with Crippen molar-refractivity contribution in [2.75, 3.05) is 18.2 Å². The molecule has 8 nitrogen and oxygen atoms in total. The zero-order chi connectivity index (χ0) is 14.5. The van der Waals surface area contributed by atoms with Gasteiger partial charge in [-0.25, -0.2) is 9.78 Å². The van der Waals surface area contributed by atoms with Crippen LogP contribution in [0.25, 0.3) is 0 Å². The van der Waals surface area contributed by atoms with E-state index in [1.807, 2.05) is 11.5 Å². The number of pyridine rings is 1. The van der Waals surface area contributed by atoms with Gasteiger partial charge in [0.05, 0.1) is 19.3 Å². The molecule has 20 heavy (non-hydrogen) atoms. The Morgan fingerprint density at radius 3 is 3.00 bits per heavy atom. The highest BCUT2D eigenvalue weighted by molar-refractivity contribution is 5.88. The van der Waals surface area contributed by atoms with Crippen LogP contribution in [-0.2, 0) is 17.8 Å². The first-order valence-electron chi connectivity index (χ1n) is 6.11. The summed E-state index contributed by atoms with van der Waals surface area (Å²) in [5.74, 6) is 0.667. The second kappa shape index (κ2) is 6.00. The van der Waals surface area contributed by atoms with Crippen LogP contribution in [0.1, 0.15) is 23.2 Å². The van der Waals surface area contributed by atoms with E-state index in [1.165, 1.54) is 13.2 Å². The Morgan fingerprint density at radius 2 is 2.30 bits per heavy atom. The number of carbonyl (C=O) groups excluding carboxylic acids is 1. The molecule has 2 aromatic heterocycles. The average Bonchev–Trinajstić information content (AvgIpc) is 2.93. The summed E-state index contributed by atoms with van der Waals surface area (Å²) in [5, 5.41) is 10.9. The maximum Gasteiger partial charge on any atom is 0.356 e. The molecule has 0 bridgehead atoms. The minimum Gasteiger partial charge on any atom is -0.464 e. The Labute approximate surface area is 116 Å². The molecule has 3 N–H and O–H groups in total. The van der Waals surface area contributed by atoms with Crippen molar-refractivity contribution < 1.29 is 9.53 Å². The van der Waals surface area contributed by atoms with Crippen molar-refractivity contribution in [2.45, 2.75) is 20.0 Å². The lowest BCUT2D eigenvalue weighted by Crippen LogP contribution is -2.12. The SMILES string of the molecule is CCn1cnnc1CNc1nc(C(=O)OC)ccc1N. The molecule has 0 aliphatic rings. The van der Waals surface area contributed by atoms with Gasteiger partial charge in [0, 0.05) is 6.54 Å². The molecule has 0 fully saturated rings. The fraction of sp³-hybridized carbons (Fsp3) is 0.333. The van der Waals surface area contributed by atoms with Gasteiger partial charge in [-0.15, -0.1) is 10.2 Å². The summed E-state index contributed by atoms with van der Waals surface area (Å²) in [6.45, 7) is 3.18. The van der Waals surface area contributed by atoms with Crippen molar-refractivity contribution in [3.63, 3.8) is 0 Å². The molecule has 2 rings (SSSR count). The quantitative estimate of drug-likeness (QED) is 0.773. The number of hydrogen-bond acceptors (Lipinski definition) is 7. The van der Waals surface area contributed by atoms with Crippen molar-refractivity contribution in [3.05, 3.63) is 30.0 Å². The fourth-order valence-electron chi connectivity index (χ4n) is 1.67. The number of methoxy groups -OCH3 is 1. The van der Waals surface area contributed by atoms with Crippen LogP contribution >= 0.6 is 0 Å². The third-order valence-corrected chi connectivity index (χ3v) is 2.77. The van der Waals surface area contributed by atoms with Crippen LogP contribution in [0.5, 0.6) is 0 Å². The number of carbonyl (C=O) groups is 1. The number of hydrogen-bond donors (Lipinski definition) is 2. The number of rotatable bonds is 5. The second-order valence-corrected chi connectivity index (χ2v) is 4.01. The summed E-state index contributed by atoms with van der Waals surface area (Å²) >= 11 is 0. The summed E-state index contributed by atoms with van der Waals surface area (Å²) in [6, 6.07) is 3.12. The molecular weight excluding hydrogens is 260 g/mol. The monoisotopic (exact) mass is 276 g/mol. The minimum atomic E-state index is -0.509. The van der Waals surface area contributed by atoms with Gasteiger partial charge in [0.25, 0.3) is 0 Å². The smallest absolute Gasteiger partial charge is 0.356 e. The van der Waals surface area contributed by atoms with Crippen LogP contribution in [-0.4, -0.2) is 32.8 Å². The van der Waals surface area contributed by atoms with Crippen molar-refractivity contribution in [2.24, 2.45) is 0 Å². The number of nitrogen functional groups attached to an aromatic ring is 1. The molecule has 0 radical (unpaired) electrons. The molecule has 0 aliphatic carbocycles. The van der Waals surface area contributed by atoms with Gasteiger partial charge in [0.2, 0.25) is 0 Å². The van der Waals surface area contributed by atoms with E-state index >= 15 is 0 Å². The third-order valence-electron chi connectivity index (χ3n) is 2.77. The van der Waals surface area contributed by atoms with Crippen LogP contribution in [0.3, 0.4) is 0 Å². The highest BCUT2D eigenvalue weighted by Gasteiger charge is 2.11. The second-order valence-electron chi connectivity index (χ2n) is 4.01. The molecule has 0 saturated carbocycles. The van der Waals surface area contributed by atoms with E-state index in [4.69, 9.17) is 5.73 Å². The first-order chi connectivity index (χ1) is 9.65. The van der Waals surface area contributed by atoms with E-state index < -0.39 is 5.97 Å². The van der Waals surface area contributed by atoms with E-state index in [0.29, 0.717) is 18.1 Å². The molecule has 0 atom stereocenters. The molecule has 0 unspecified atom stereocenters. The van der Waals surface area contributed by atoms with E-state index in [1.54, 1.807) is 12.4 Å². The van der Waals surface area contributed by atoms with Gasteiger partial charge in [0.15, 0.2) is 17.3 Å². The summed E-state index contributed by atoms with van der Waals surface area (Å²) in [7, 11) is 1.30. The first-order valence-corrected chi connectivity index (χ1v) is 6.11. The maximum absolute atomic E-state index is 11.4. The molecule has 106 valence electrons. The number of aromatic nitrogens is 4. The standard InChI is InChI=1S/C12H16N6O2/c1-3-18-7-15-17-10(18)6-14-11-8(13)4-5-9(16-11)12(19)20-2/h4-5,7H,3,6,13H2,1-2H3,(H,14,16). The maximum atomic E-state index is 11.4.